The molecule has 0 radical (unpaired) electrons. The number of rotatable bonds is 1. The van der Waals surface area contributed by atoms with E-state index < -0.39 is 0 Å². The maximum atomic E-state index is 4.18. The summed E-state index contributed by atoms with van der Waals surface area (Å²) >= 11 is 0. The zero-order chi connectivity index (χ0) is 8.55. The molecule has 0 saturated heterocycles. The highest BCUT2D eigenvalue weighted by atomic mass is 15.4. The predicted molar refractivity (Wildman–Crippen MR) is 45.5 cm³/mol. The first kappa shape index (κ1) is 6.97. The van der Waals surface area contributed by atoms with Crippen molar-refractivity contribution in [2.75, 3.05) is 0 Å². The third kappa shape index (κ3) is 0.972. The van der Waals surface area contributed by atoms with E-state index in [9.17, 15) is 0 Å². The van der Waals surface area contributed by atoms with Gasteiger partial charge in [0, 0.05) is 0 Å². The van der Waals surface area contributed by atoms with E-state index in [1.54, 1.807) is 0 Å². The van der Waals surface area contributed by atoms with Crippen molar-refractivity contribution in [3.63, 3.8) is 0 Å². The van der Waals surface area contributed by atoms with E-state index in [0.29, 0.717) is 0 Å². The van der Waals surface area contributed by atoms with Crippen LogP contribution in [0.15, 0.2) is 25.0 Å². The number of allylic oxidation sites excluding steroid dienone is 1. The van der Waals surface area contributed by atoms with Gasteiger partial charge in [-0.1, -0.05) is 6.58 Å². The van der Waals surface area contributed by atoms with Crippen LogP contribution >= 0.6 is 0 Å². The molecule has 0 unspecified atom stereocenters. The van der Waals surface area contributed by atoms with Crippen LogP contribution in [0.2, 0.25) is 0 Å². The molecule has 2 heterocycles. The van der Waals surface area contributed by atoms with Crippen LogP contribution in [0, 0.1) is 0 Å². The molecule has 4 heteroatoms. The molecule has 60 valence electrons. The van der Waals surface area contributed by atoms with Gasteiger partial charge in [-0.3, -0.25) is 0 Å². The van der Waals surface area contributed by atoms with Crippen LogP contribution in [0.5, 0.6) is 0 Å². The Labute approximate surface area is 69.6 Å². The number of hydrogen-bond acceptors (Lipinski definition) is 3. The maximum absolute atomic E-state index is 4.18. The molecule has 12 heavy (non-hydrogen) atoms. The highest BCUT2D eigenvalue weighted by molar-refractivity contribution is 5.58. The summed E-state index contributed by atoms with van der Waals surface area (Å²) < 4.78 is 1.49. The molecule has 0 atom stereocenters. The lowest BCUT2D eigenvalue weighted by Gasteiger charge is -1.96. The first-order valence-electron chi connectivity index (χ1n) is 3.60. The van der Waals surface area contributed by atoms with Gasteiger partial charge in [0.25, 0.3) is 0 Å². The van der Waals surface area contributed by atoms with E-state index in [0.717, 1.165) is 16.9 Å². The van der Waals surface area contributed by atoms with E-state index in [4.69, 9.17) is 0 Å². The van der Waals surface area contributed by atoms with Crippen molar-refractivity contribution in [2.45, 2.75) is 6.92 Å². The minimum absolute atomic E-state index is 0.750. The molecule has 0 amide bonds. The van der Waals surface area contributed by atoms with Gasteiger partial charge < -0.3 is 0 Å². The van der Waals surface area contributed by atoms with Crippen molar-refractivity contribution < 1.29 is 0 Å². The number of aromatic nitrogens is 4. The number of nitrogens with zero attached hydrogens (tertiary/aromatic N) is 4. The van der Waals surface area contributed by atoms with Crippen LogP contribution in [0.1, 0.15) is 12.6 Å². The average Bonchev–Trinajstić information content (AvgIpc) is 2.49. The normalized spacial score (nSPS) is 10.4. The van der Waals surface area contributed by atoms with Gasteiger partial charge in [0.1, 0.15) is 6.33 Å². The molecule has 2 aromatic rings. The third-order valence-electron chi connectivity index (χ3n) is 1.59. The molecule has 0 aliphatic rings. The Morgan fingerprint density at radius 3 is 3.08 bits per heavy atom. The van der Waals surface area contributed by atoms with Crippen LogP contribution in [0.4, 0.5) is 0 Å². The molecule has 2 aromatic heterocycles. The lowest BCUT2D eigenvalue weighted by Crippen LogP contribution is -1.96. The summed E-state index contributed by atoms with van der Waals surface area (Å²) in [6, 6.07) is 3.75. The van der Waals surface area contributed by atoms with Gasteiger partial charge in [-0.25, -0.2) is 4.98 Å². The van der Waals surface area contributed by atoms with Gasteiger partial charge in [0.2, 0.25) is 0 Å². The van der Waals surface area contributed by atoms with Gasteiger partial charge in [-0.05, 0) is 24.6 Å². The molecular weight excluding hydrogens is 152 g/mol. The first-order chi connectivity index (χ1) is 5.77. The van der Waals surface area contributed by atoms with Gasteiger partial charge in [0.05, 0.1) is 5.69 Å². The first-order valence-corrected chi connectivity index (χ1v) is 3.60. The van der Waals surface area contributed by atoms with E-state index >= 15 is 0 Å². The predicted octanol–water partition coefficient (Wildman–Crippen LogP) is 1.16. The Balaban J connectivity index is 2.68. The molecule has 0 bridgehead atoms. The van der Waals surface area contributed by atoms with Crippen molar-refractivity contribution >= 4 is 11.2 Å². The molecular formula is C8H8N4. The van der Waals surface area contributed by atoms with Crippen LogP contribution in [-0.2, 0) is 0 Å². The van der Waals surface area contributed by atoms with Crippen molar-refractivity contribution in [1.82, 2.24) is 19.8 Å². The maximum Gasteiger partial charge on any atom is 0.176 e. The second-order valence-electron chi connectivity index (χ2n) is 2.61. The van der Waals surface area contributed by atoms with Gasteiger partial charge in [0.15, 0.2) is 5.65 Å². The second kappa shape index (κ2) is 2.41. The third-order valence-corrected chi connectivity index (χ3v) is 1.59. The summed E-state index contributed by atoms with van der Waals surface area (Å²) in [6.07, 6.45) is 1.48. The monoisotopic (exact) mass is 160 g/mol. The quantitative estimate of drug-likeness (QED) is 0.628. The highest BCUT2D eigenvalue weighted by Crippen LogP contribution is 2.07. The average molecular weight is 160 g/mol. The van der Waals surface area contributed by atoms with E-state index in [1.165, 1.54) is 11.0 Å². The summed E-state index contributed by atoms with van der Waals surface area (Å²) in [4.78, 5) is 3.98. The Morgan fingerprint density at radius 1 is 1.50 bits per heavy atom. The minimum Gasteiger partial charge on any atom is -0.213 e. The topological polar surface area (TPSA) is 43.1 Å². The van der Waals surface area contributed by atoms with Crippen molar-refractivity contribution in [1.29, 1.82) is 0 Å². The molecule has 0 aromatic carbocycles. The Kier molecular flexibility index (Phi) is 1.40. The molecule has 0 spiro atoms. The molecule has 0 saturated carbocycles. The lowest BCUT2D eigenvalue weighted by atomic mass is 10.2. The summed E-state index contributed by atoms with van der Waals surface area (Å²) in [6.45, 7) is 5.70. The lowest BCUT2D eigenvalue weighted by molar-refractivity contribution is 0.792. The number of fused-ring (bicyclic) bond motifs is 1. The Hall–Kier alpha value is -1.71. The second-order valence-corrected chi connectivity index (χ2v) is 2.61. The Morgan fingerprint density at radius 2 is 2.33 bits per heavy atom. The fourth-order valence-corrected chi connectivity index (χ4v) is 0.948. The number of hydrogen-bond donors (Lipinski definition) is 0. The minimum atomic E-state index is 0.750. The summed E-state index contributed by atoms with van der Waals surface area (Å²) in [5.74, 6) is 0. The smallest absolute Gasteiger partial charge is 0.176 e. The fourth-order valence-electron chi connectivity index (χ4n) is 0.948. The zero-order valence-electron chi connectivity index (χ0n) is 6.73. The largest absolute Gasteiger partial charge is 0.213 e. The van der Waals surface area contributed by atoms with Gasteiger partial charge in [-0.15, -0.1) is 14.8 Å². The highest BCUT2D eigenvalue weighted by Gasteiger charge is 1.98. The van der Waals surface area contributed by atoms with Gasteiger partial charge >= 0.3 is 0 Å². The van der Waals surface area contributed by atoms with Crippen molar-refractivity contribution in [3.8, 4) is 0 Å². The van der Waals surface area contributed by atoms with E-state index in [-0.39, 0.29) is 0 Å². The van der Waals surface area contributed by atoms with E-state index in [2.05, 4.69) is 21.8 Å². The van der Waals surface area contributed by atoms with Crippen LogP contribution in [0.3, 0.4) is 0 Å². The standard InChI is InChI=1S/C8H8N4/c1-6(2)7-3-4-8-9-5-10-12(8)11-7/h3-5H,1H2,2H3. The van der Waals surface area contributed by atoms with Crippen molar-refractivity contribution in [3.05, 3.63) is 30.7 Å². The van der Waals surface area contributed by atoms with Crippen LogP contribution in [-0.4, -0.2) is 19.8 Å². The van der Waals surface area contributed by atoms with Gasteiger partial charge in [-0.2, -0.15) is 0 Å². The molecule has 4 nitrogen and oxygen atoms in total. The van der Waals surface area contributed by atoms with E-state index in [1.807, 2.05) is 19.1 Å². The molecule has 0 fully saturated rings. The molecule has 0 N–H and O–H groups in total. The molecule has 2 rings (SSSR count). The molecule has 0 aliphatic heterocycles. The summed E-state index contributed by atoms with van der Waals surface area (Å²) in [7, 11) is 0. The Bertz CT molecular complexity index is 429. The zero-order valence-corrected chi connectivity index (χ0v) is 6.73. The van der Waals surface area contributed by atoms with Crippen LogP contribution < -0.4 is 0 Å². The molecule has 0 aliphatic carbocycles. The summed E-state index contributed by atoms with van der Waals surface area (Å²) in [5, 5.41) is 8.09. The van der Waals surface area contributed by atoms with Crippen molar-refractivity contribution in [2.24, 2.45) is 0 Å². The fraction of sp³-hybridized carbons (Fsp3) is 0.125. The summed E-state index contributed by atoms with van der Waals surface area (Å²) in [5.41, 5.74) is 2.51. The SMILES string of the molecule is C=C(C)c1ccc2ncnn2n1. The van der Waals surface area contributed by atoms with Crippen LogP contribution in [0.25, 0.3) is 11.2 Å².